The first-order chi connectivity index (χ1) is 8.91. The molecule has 0 aliphatic carbocycles. The quantitative estimate of drug-likeness (QED) is 0.553. The summed E-state index contributed by atoms with van der Waals surface area (Å²) in [5.74, 6) is -1.41. The lowest BCUT2D eigenvalue weighted by atomic mass is 10.1. The monoisotopic (exact) mass is 270 g/mol. The van der Waals surface area contributed by atoms with Crippen molar-refractivity contribution in [2.24, 2.45) is 5.92 Å². The van der Waals surface area contributed by atoms with E-state index >= 15 is 0 Å². The Morgan fingerprint density at radius 2 is 1.95 bits per heavy atom. The molecular weight excluding hydrogens is 250 g/mol. The third-order valence-corrected chi connectivity index (χ3v) is 2.86. The lowest BCUT2D eigenvalue weighted by molar-refractivity contribution is 0.0455. The Balaban J connectivity index is 2.52. The number of carbonyl (C=O) groups is 1. The van der Waals surface area contributed by atoms with E-state index in [1.807, 2.05) is 0 Å². The second-order valence-corrected chi connectivity index (χ2v) is 5.04. The number of halogens is 2. The van der Waals surface area contributed by atoms with Gasteiger partial charge < -0.3 is 4.74 Å². The first-order valence-corrected chi connectivity index (χ1v) is 6.52. The molecule has 0 aromatic heterocycles. The largest absolute Gasteiger partial charge is 0.370 e. The Labute approximate surface area is 112 Å². The summed E-state index contributed by atoms with van der Waals surface area (Å²) >= 11 is 0. The van der Waals surface area contributed by atoms with E-state index in [-0.39, 0.29) is 5.56 Å². The number of ether oxygens (including phenoxy) is 1. The number of carbonyl (C=O) groups excluding carboxylic acids is 1. The van der Waals surface area contributed by atoms with Crippen LogP contribution in [0.2, 0.25) is 0 Å². The van der Waals surface area contributed by atoms with Crippen LogP contribution in [0.15, 0.2) is 18.2 Å². The molecule has 1 aromatic carbocycles. The minimum absolute atomic E-state index is 0.127. The zero-order chi connectivity index (χ0) is 14.4. The molecule has 0 saturated carbocycles. The molecule has 0 radical (unpaired) electrons. The molecule has 0 amide bonds. The summed E-state index contributed by atoms with van der Waals surface area (Å²) in [7, 11) is 0. The van der Waals surface area contributed by atoms with Crippen molar-refractivity contribution in [1.29, 1.82) is 0 Å². The fourth-order valence-electron chi connectivity index (χ4n) is 1.74. The van der Waals surface area contributed by atoms with Crippen LogP contribution in [-0.4, -0.2) is 18.5 Å². The minimum atomic E-state index is -0.845. The molecular formula is C15H20F2O2. The Morgan fingerprint density at radius 1 is 1.26 bits per heavy atom. The highest BCUT2D eigenvalue weighted by atomic mass is 19.1. The highest BCUT2D eigenvalue weighted by Gasteiger charge is 2.19. The van der Waals surface area contributed by atoms with E-state index in [0.29, 0.717) is 18.6 Å². The van der Waals surface area contributed by atoms with Crippen LogP contribution in [0.3, 0.4) is 0 Å². The first-order valence-electron chi connectivity index (χ1n) is 6.52. The Hall–Kier alpha value is -1.29. The van der Waals surface area contributed by atoms with Gasteiger partial charge in [-0.1, -0.05) is 13.8 Å². The highest BCUT2D eigenvalue weighted by Crippen LogP contribution is 2.14. The van der Waals surface area contributed by atoms with Crippen molar-refractivity contribution in [1.82, 2.24) is 0 Å². The number of rotatable bonds is 7. The van der Waals surface area contributed by atoms with Crippen LogP contribution in [-0.2, 0) is 4.74 Å². The van der Waals surface area contributed by atoms with Crippen molar-refractivity contribution >= 4 is 5.78 Å². The zero-order valence-corrected chi connectivity index (χ0v) is 11.6. The molecule has 1 atom stereocenters. The van der Waals surface area contributed by atoms with Crippen molar-refractivity contribution in [3.63, 3.8) is 0 Å². The Morgan fingerprint density at radius 3 is 2.53 bits per heavy atom. The predicted molar refractivity (Wildman–Crippen MR) is 70.2 cm³/mol. The van der Waals surface area contributed by atoms with Gasteiger partial charge in [0.05, 0.1) is 5.56 Å². The van der Waals surface area contributed by atoms with E-state index in [1.165, 1.54) is 0 Å². The van der Waals surface area contributed by atoms with Crippen molar-refractivity contribution in [3.8, 4) is 0 Å². The molecule has 0 aliphatic heterocycles. The van der Waals surface area contributed by atoms with E-state index in [9.17, 15) is 13.6 Å². The summed E-state index contributed by atoms with van der Waals surface area (Å²) in [4.78, 5) is 11.9. The maximum absolute atomic E-state index is 13.4. The molecule has 106 valence electrons. The normalized spacial score (nSPS) is 12.7. The number of ketones is 1. The number of benzene rings is 1. The van der Waals surface area contributed by atoms with Crippen LogP contribution in [0.25, 0.3) is 0 Å². The third kappa shape index (κ3) is 5.07. The van der Waals surface area contributed by atoms with Gasteiger partial charge in [0, 0.05) is 12.7 Å². The van der Waals surface area contributed by atoms with Gasteiger partial charge in [0.1, 0.15) is 17.7 Å². The zero-order valence-electron chi connectivity index (χ0n) is 11.6. The maximum Gasteiger partial charge on any atom is 0.194 e. The molecule has 1 aromatic rings. The SMILES string of the molecule is CC(C)CCCOC(C)C(=O)c1ccc(F)cc1F. The van der Waals surface area contributed by atoms with Crippen LogP contribution in [0, 0.1) is 17.6 Å². The van der Waals surface area contributed by atoms with Gasteiger partial charge >= 0.3 is 0 Å². The summed E-state index contributed by atoms with van der Waals surface area (Å²) in [6, 6.07) is 2.93. The average molecular weight is 270 g/mol. The molecule has 19 heavy (non-hydrogen) atoms. The van der Waals surface area contributed by atoms with Gasteiger partial charge in [-0.25, -0.2) is 8.78 Å². The van der Waals surface area contributed by atoms with E-state index in [1.54, 1.807) is 6.92 Å². The molecule has 0 spiro atoms. The van der Waals surface area contributed by atoms with Crippen molar-refractivity contribution in [2.75, 3.05) is 6.61 Å². The number of Topliss-reactive ketones (excluding diaryl/α,β-unsaturated/α-hetero) is 1. The molecule has 1 rings (SSSR count). The van der Waals surface area contributed by atoms with E-state index in [0.717, 1.165) is 25.0 Å². The summed E-state index contributed by atoms with van der Waals surface area (Å²) in [5, 5.41) is 0. The fraction of sp³-hybridized carbons (Fsp3) is 0.533. The number of hydrogen-bond acceptors (Lipinski definition) is 2. The minimum Gasteiger partial charge on any atom is -0.370 e. The summed E-state index contributed by atoms with van der Waals surface area (Å²) in [6.07, 6.45) is 1.17. The van der Waals surface area contributed by atoms with Crippen LogP contribution < -0.4 is 0 Å². The topological polar surface area (TPSA) is 26.3 Å². The van der Waals surface area contributed by atoms with Crippen LogP contribution in [0.4, 0.5) is 8.78 Å². The Bertz CT molecular complexity index is 430. The van der Waals surface area contributed by atoms with Crippen molar-refractivity contribution in [3.05, 3.63) is 35.4 Å². The third-order valence-electron chi connectivity index (χ3n) is 2.86. The average Bonchev–Trinajstić information content (AvgIpc) is 2.33. The van der Waals surface area contributed by atoms with Crippen LogP contribution in [0.5, 0.6) is 0 Å². The molecule has 1 unspecified atom stereocenters. The van der Waals surface area contributed by atoms with Gasteiger partial charge in [-0.05, 0) is 37.8 Å². The maximum atomic E-state index is 13.4. The highest BCUT2D eigenvalue weighted by molar-refractivity contribution is 5.99. The predicted octanol–water partition coefficient (Wildman–Crippen LogP) is 3.99. The van der Waals surface area contributed by atoms with Gasteiger partial charge in [-0.15, -0.1) is 0 Å². The molecule has 0 N–H and O–H groups in total. The van der Waals surface area contributed by atoms with E-state index in [2.05, 4.69) is 13.8 Å². The van der Waals surface area contributed by atoms with Gasteiger partial charge in [0.25, 0.3) is 0 Å². The van der Waals surface area contributed by atoms with Gasteiger partial charge in [0.15, 0.2) is 5.78 Å². The summed E-state index contributed by atoms with van der Waals surface area (Å²) in [5.41, 5.74) is -0.127. The molecule has 0 bridgehead atoms. The fourth-order valence-corrected chi connectivity index (χ4v) is 1.74. The smallest absolute Gasteiger partial charge is 0.194 e. The van der Waals surface area contributed by atoms with Gasteiger partial charge in [-0.2, -0.15) is 0 Å². The molecule has 2 nitrogen and oxygen atoms in total. The van der Waals surface area contributed by atoms with Crippen LogP contribution >= 0.6 is 0 Å². The van der Waals surface area contributed by atoms with Gasteiger partial charge in [0.2, 0.25) is 0 Å². The first kappa shape index (κ1) is 15.8. The van der Waals surface area contributed by atoms with Gasteiger partial charge in [-0.3, -0.25) is 4.79 Å². The summed E-state index contributed by atoms with van der Waals surface area (Å²) < 4.78 is 31.6. The van der Waals surface area contributed by atoms with Crippen molar-refractivity contribution in [2.45, 2.75) is 39.7 Å². The molecule has 0 saturated heterocycles. The second kappa shape index (κ2) is 7.34. The summed E-state index contributed by atoms with van der Waals surface area (Å²) in [6.45, 7) is 6.28. The van der Waals surface area contributed by atoms with E-state index in [4.69, 9.17) is 4.74 Å². The Kier molecular flexibility index (Phi) is 6.09. The number of hydrogen-bond donors (Lipinski definition) is 0. The molecule has 0 heterocycles. The molecule has 4 heteroatoms. The van der Waals surface area contributed by atoms with E-state index < -0.39 is 23.5 Å². The standard InChI is InChI=1S/C15H20F2O2/c1-10(2)5-4-8-19-11(3)15(18)13-7-6-12(16)9-14(13)17/h6-7,9-11H,4-5,8H2,1-3H3. The molecule has 0 aliphatic rings. The second-order valence-electron chi connectivity index (χ2n) is 5.04. The van der Waals surface area contributed by atoms with Crippen LogP contribution in [0.1, 0.15) is 44.0 Å². The molecule has 0 fully saturated rings. The lowest BCUT2D eigenvalue weighted by Gasteiger charge is -2.13. The lowest BCUT2D eigenvalue weighted by Crippen LogP contribution is -2.22. The van der Waals surface area contributed by atoms with Crippen molar-refractivity contribution < 1.29 is 18.3 Å².